The first kappa shape index (κ1) is 16.6. The first-order valence-electron chi connectivity index (χ1n) is 6.24. The summed E-state index contributed by atoms with van der Waals surface area (Å²) >= 11 is 3.20. The fourth-order valence-electron chi connectivity index (χ4n) is 1.35. The van der Waals surface area contributed by atoms with Gasteiger partial charge in [-0.25, -0.2) is 13.1 Å². The molecular weight excluding hydrogens is 332 g/mol. The van der Waals surface area contributed by atoms with Crippen LogP contribution in [0, 0.1) is 0 Å². The zero-order valence-electron chi connectivity index (χ0n) is 10.9. The van der Waals surface area contributed by atoms with Crippen molar-refractivity contribution in [3.05, 3.63) is 22.9 Å². The smallest absolute Gasteiger partial charge is 0.242 e. The zero-order valence-corrected chi connectivity index (χ0v) is 13.3. The molecule has 1 aromatic rings. The summed E-state index contributed by atoms with van der Waals surface area (Å²) in [5, 5.41) is 0. The van der Waals surface area contributed by atoms with Crippen LogP contribution in [-0.4, -0.2) is 33.2 Å². The van der Waals surface area contributed by atoms with Crippen LogP contribution in [0.3, 0.4) is 0 Å². The van der Waals surface area contributed by atoms with Gasteiger partial charge in [-0.2, -0.15) is 0 Å². The normalized spacial score (nSPS) is 11.7. The Morgan fingerprint density at radius 3 is 2.74 bits per heavy atom. The van der Waals surface area contributed by atoms with Gasteiger partial charge < -0.3 is 4.74 Å². The lowest BCUT2D eigenvalue weighted by atomic mass is 10.4. The molecule has 19 heavy (non-hydrogen) atoms. The first-order chi connectivity index (χ1) is 9.06. The SMILES string of the molecule is CCCCOCCCNS(=O)(=O)c1cncc(Br)c1. The number of aromatic nitrogens is 1. The van der Waals surface area contributed by atoms with Crippen LogP contribution in [0.5, 0.6) is 0 Å². The highest BCUT2D eigenvalue weighted by Gasteiger charge is 2.13. The number of ether oxygens (including phenoxy) is 1. The highest BCUT2D eigenvalue weighted by atomic mass is 79.9. The summed E-state index contributed by atoms with van der Waals surface area (Å²) in [6, 6.07) is 1.52. The molecule has 1 aromatic heterocycles. The van der Waals surface area contributed by atoms with Crippen molar-refractivity contribution >= 4 is 26.0 Å². The Bertz CT molecular complexity index is 480. The predicted octanol–water partition coefficient (Wildman–Crippen LogP) is 2.33. The fourth-order valence-corrected chi connectivity index (χ4v) is 2.93. The number of nitrogens with one attached hydrogen (secondary N) is 1. The maximum atomic E-state index is 11.9. The van der Waals surface area contributed by atoms with E-state index in [0.29, 0.717) is 24.0 Å². The third-order valence-corrected chi connectivity index (χ3v) is 4.25. The van der Waals surface area contributed by atoms with E-state index in [-0.39, 0.29) is 4.90 Å². The summed E-state index contributed by atoms with van der Waals surface area (Å²) < 4.78 is 32.3. The van der Waals surface area contributed by atoms with Crippen molar-refractivity contribution in [3.8, 4) is 0 Å². The Hall–Kier alpha value is -0.500. The summed E-state index contributed by atoms with van der Waals surface area (Å²) in [7, 11) is -3.48. The van der Waals surface area contributed by atoms with Gasteiger partial charge in [0, 0.05) is 36.6 Å². The number of rotatable bonds is 9. The Morgan fingerprint density at radius 1 is 1.32 bits per heavy atom. The average molecular weight is 351 g/mol. The third-order valence-electron chi connectivity index (χ3n) is 2.39. The topological polar surface area (TPSA) is 68.3 Å². The third kappa shape index (κ3) is 6.47. The monoisotopic (exact) mass is 350 g/mol. The minimum absolute atomic E-state index is 0.161. The van der Waals surface area contributed by atoms with Crippen molar-refractivity contribution in [2.75, 3.05) is 19.8 Å². The Kier molecular flexibility index (Phi) is 7.52. The van der Waals surface area contributed by atoms with Crippen molar-refractivity contribution in [3.63, 3.8) is 0 Å². The summed E-state index contributed by atoms with van der Waals surface area (Å²) in [5.41, 5.74) is 0. The van der Waals surface area contributed by atoms with E-state index in [1.807, 2.05) is 0 Å². The molecule has 0 spiro atoms. The Morgan fingerprint density at radius 2 is 2.05 bits per heavy atom. The maximum Gasteiger partial charge on any atom is 0.242 e. The van der Waals surface area contributed by atoms with E-state index in [2.05, 4.69) is 32.6 Å². The second-order valence-electron chi connectivity index (χ2n) is 4.06. The molecule has 1 N–H and O–H groups in total. The lowest BCUT2D eigenvalue weighted by Gasteiger charge is -2.07. The van der Waals surface area contributed by atoms with Crippen LogP contribution >= 0.6 is 15.9 Å². The van der Waals surface area contributed by atoms with Gasteiger partial charge >= 0.3 is 0 Å². The molecule has 0 saturated heterocycles. The quantitative estimate of drug-likeness (QED) is 0.694. The number of pyridine rings is 1. The molecule has 0 amide bonds. The molecule has 5 nitrogen and oxygen atoms in total. The minimum atomic E-state index is -3.48. The van der Waals surface area contributed by atoms with Crippen LogP contribution in [0.15, 0.2) is 27.8 Å². The number of halogens is 1. The molecule has 0 bridgehead atoms. The average Bonchev–Trinajstić information content (AvgIpc) is 2.38. The van der Waals surface area contributed by atoms with Gasteiger partial charge in [0.2, 0.25) is 10.0 Å². The minimum Gasteiger partial charge on any atom is -0.381 e. The molecule has 1 heterocycles. The second kappa shape index (κ2) is 8.63. The van der Waals surface area contributed by atoms with E-state index in [9.17, 15) is 8.42 Å². The van der Waals surface area contributed by atoms with Crippen LogP contribution in [0.1, 0.15) is 26.2 Å². The van der Waals surface area contributed by atoms with Gasteiger partial charge in [0.15, 0.2) is 0 Å². The zero-order chi connectivity index (χ0) is 14.1. The molecule has 0 radical (unpaired) electrons. The molecule has 0 aliphatic heterocycles. The number of sulfonamides is 1. The van der Waals surface area contributed by atoms with E-state index in [0.717, 1.165) is 19.4 Å². The van der Waals surface area contributed by atoms with Gasteiger partial charge in [-0.05, 0) is 34.8 Å². The van der Waals surface area contributed by atoms with Gasteiger partial charge in [-0.15, -0.1) is 0 Å². The summed E-state index contributed by atoms with van der Waals surface area (Å²) in [6.45, 7) is 3.77. The van der Waals surface area contributed by atoms with Crippen LogP contribution < -0.4 is 4.72 Å². The van der Waals surface area contributed by atoms with Gasteiger partial charge in [0.25, 0.3) is 0 Å². The van der Waals surface area contributed by atoms with Crippen molar-refractivity contribution < 1.29 is 13.2 Å². The molecule has 0 unspecified atom stereocenters. The molecule has 0 aliphatic rings. The Balaban J connectivity index is 2.32. The van der Waals surface area contributed by atoms with Crippen LogP contribution in [0.2, 0.25) is 0 Å². The highest BCUT2D eigenvalue weighted by molar-refractivity contribution is 9.10. The number of hydrogen-bond donors (Lipinski definition) is 1. The van der Waals surface area contributed by atoms with Gasteiger partial charge in [-0.1, -0.05) is 13.3 Å². The number of nitrogens with zero attached hydrogens (tertiary/aromatic N) is 1. The summed E-state index contributed by atoms with van der Waals surface area (Å²) in [5.74, 6) is 0. The van der Waals surface area contributed by atoms with Gasteiger partial charge in [0.1, 0.15) is 4.90 Å². The van der Waals surface area contributed by atoms with Crippen molar-refractivity contribution in [1.82, 2.24) is 9.71 Å². The van der Waals surface area contributed by atoms with Crippen LogP contribution in [-0.2, 0) is 14.8 Å². The van der Waals surface area contributed by atoms with Gasteiger partial charge in [0.05, 0.1) is 0 Å². The van der Waals surface area contributed by atoms with E-state index in [1.54, 1.807) is 6.20 Å². The highest BCUT2D eigenvalue weighted by Crippen LogP contribution is 2.13. The standard InChI is InChI=1S/C12H19BrN2O3S/c1-2-3-6-18-7-4-5-15-19(16,17)12-8-11(13)9-14-10-12/h8-10,15H,2-7H2,1H3. The van der Waals surface area contributed by atoms with Crippen LogP contribution in [0.25, 0.3) is 0 Å². The van der Waals surface area contributed by atoms with Crippen LogP contribution in [0.4, 0.5) is 0 Å². The Labute approximate surface area is 122 Å². The summed E-state index contributed by atoms with van der Waals surface area (Å²) in [4.78, 5) is 4.00. The predicted molar refractivity (Wildman–Crippen MR) is 77.5 cm³/mol. The van der Waals surface area contributed by atoms with Gasteiger partial charge in [-0.3, -0.25) is 4.98 Å². The van der Waals surface area contributed by atoms with E-state index in [1.165, 1.54) is 12.3 Å². The molecule has 108 valence electrons. The largest absolute Gasteiger partial charge is 0.381 e. The molecular formula is C12H19BrN2O3S. The molecule has 1 rings (SSSR count). The van der Waals surface area contributed by atoms with E-state index < -0.39 is 10.0 Å². The lowest BCUT2D eigenvalue weighted by molar-refractivity contribution is 0.130. The van der Waals surface area contributed by atoms with Crippen molar-refractivity contribution in [1.29, 1.82) is 0 Å². The molecule has 0 fully saturated rings. The van der Waals surface area contributed by atoms with E-state index >= 15 is 0 Å². The molecule has 0 atom stereocenters. The molecule has 7 heteroatoms. The van der Waals surface area contributed by atoms with Crippen molar-refractivity contribution in [2.24, 2.45) is 0 Å². The molecule has 0 aliphatic carbocycles. The molecule has 0 aromatic carbocycles. The number of unbranched alkanes of at least 4 members (excludes halogenated alkanes) is 1. The first-order valence-corrected chi connectivity index (χ1v) is 8.52. The number of hydrogen-bond acceptors (Lipinski definition) is 4. The fraction of sp³-hybridized carbons (Fsp3) is 0.583. The molecule has 0 saturated carbocycles. The summed E-state index contributed by atoms with van der Waals surface area (Å²) in [6.07, 6.45) is 5.66. The maximum absolute atomic E-state index is 11.9. The van der Waals surface area contributed by atoms with Crippen molar-refractivity contribution in [2.45, 2.75) is 31.1 Å². The van der Waals surface area contributed by atoms with E-state index in [4.69, 9.17) is 4.74 Å². The second-order valence-corrected chi connectivity index (χ2v) is 6.74. The lowest BCUT2D eigenvalue weighted by Crippen LogP contribution is -2.25.